The van der Waals surface area contributed by atoms with Crippen LogP contribution in [0.3, 0.4) is 0 Å². The molecule has 0 saturated heterocycles. The number of rotatable bonds is 7. The number of methoxy groups -OCH3 is 2. The average molecular weight is 376 g/mol. The second-order valence-corrected chi connectivity index (χ2v) is 6.52. The number of hydrogen-bond donors (Lipinski definition) is 2. The van der Waals surface area contributed by atoms with E-state index in [9.17, 15) is 14.4 Å². The molecule has 0 bridgehead atoms. The van der Waals surface area contributed by atoms with Gasteiger partial charge in [-0.3, -0.25) is 14.4 Å². The van der Waals surface area contributed by atoms with Crippen LogP contribution in [-0.2, 0) is 16.0 Å². The third-order valence-electron chi connectivity index (χ3n) is 3.53. The number of thiophene rings is 1. The molecular weight excluding hydrogens is 356 g/mol. The fraction of sp³-hybridized carbons (Fsp3) is 0.278. The molecule has 2 aromatic rings. The third kappa shape index (κ3) is 5.06. The molecule has 0 saturated carbocycles. The van der Waals surface area contributed by atoms with Gasteiger partial charge in [0.1, 0.15) is 11.5 Å². The maximum atomic E-state index is 12.0. The number of carbonyl (C=O) groups is 3. The highest BCUT2D eigenvalue weighted by Gasteiger charge is 2.16. The van der Waals surface area contributed by atoms with E-state index < -0.39 is 11.8 Å². The molecule has 2 N–H and O–H groups in total. The number of benzene rings is 1. The normalized spacial score (nSPS) is 10.1. The molecule has 0 spiro atoms. The summed E-state index contributed by atoms with van der Waals surface area (Å²) in [7, 11) is 2.98. The molecule has 8 heteroatoms. The van der Waals surface area contributed by atoms with Crippen molar-refractivity contribution >= 4 is 34.6 Å². The SMILES string of the molecule is COc1ccc(NC(=O)C(=O)NCCc2ccc(C(C)=O)s2)c(OC)c1. The Labute approximate surface area is 155 Å². The van der Waals surface area contributed by atoms with Crippen LogP contribution in [0.1, 0.15) is 21.5 Å². The molecular formula is C18H20N2O5S. The average Bonchev–Trinajstić information content (AvgIpc) is 3.11. The highest BCUT2D eigenvalue weighted by molar-refractivity contribution is 7.14. The molecule has 0 atom stereocenters. The summed E-state index contributed by atoms with van der Waals surface area (Å²) in [6, 6.07) is 8.46. The lowest BCUT2D eigenvalue weighted by Crippen LogP contribution is -2.36. The quantitative estimate of drug-likeness (QED) is 0.571. The topological polar surface area (TPSA) is 93.7 Å². The monoisotopic (exact) mass is 376 g/mol. The van der Waals surface area contributed by atoms with E-state index in [0.717, 1.165) is 4.88 Å². The number of nitrogens with one attached hydrogen (secondary N) is 2. The zero-order valence-corrected chi connectivity index (χ0v) is 15.6. The van der Waals surface area contributed by atoms with Gasteiger partial charge in [0.2, 0.25) is 0 Å². The first kappa shape index (κ1) is 19.5. The van der Waals surface area contributed by atoms with Crippen molar-refractivity contribution in [3.05, 3.63) is 40.1 Å². The lowest BCUT2D eigenvalue weighted by molar-refractivity contribution is -0.136. The Morgan fingerprint density at radius 1 is 1.04 bits per heavy atom. The molecule has 0 aliphatic rings. The minimum atomic E-state index is -0.788. The second kappa shape index (κ2) is 9.00. The Hall–Kier alpha value is -2.87. The van der Waals surface area contributed by atoms with Gasteiger partial charge in [-0.2, -0.15) is 0 Å². The molecule has 0 aliphatic heterocycles. The molecule has 7 nitrogen and oxygen atoms in total. The van der Waals surface area contributed by atoms with Gasteiger partial charge in [-0.1, -0.05) is 0 Å². The molecule has 1 aromatic heterocycles. The summed E-state index contributed by atoms with van der Waals surface area (Å²) in [6.07, 6.45) is 0.544. The standard InChI is InChI=1S/C18H20N2O5S/c1-11(21)16-7-5-13(26-16)8-9-19-17(22)18(23)20-14-6-4-12(24-2)10-15(14)25-3/h4-7,10H,8-9H2,1-3H3,(H,19,22)(H,20,23). The van der Waals surface area contributed by atoms with Crippen molar-refractivity contribution in [3.8, 4) is 11.5 Å². The molecule has 0 aliphatic carbocycles. The van der Waals surface area contributed by atoms with Gasteiger partial charge in [0, 0.05) is 17.5 Å². The van der Waals surface area contributed by atoms with Gasteiger partial charge in [0.15, 0.2) is 5.78 Å². The number of hydrogen-bond acceptors (Lipinski definition) is 6. The molecule has 0 unspecified atom stereocenters. The predicted octanol–water partition coefficient (Wildman–Crippen LogP) is 2.27. The molecule has 1 aromatic carbocycles. The van der Waals surface area contributed by atoms with Crippen molar-refractivity contribution < 1.29 is 23.9 Å². The van der Waals surface area contributed by atoms with Crippen molar-refractivity contribution in [1.82, 2.24) is 5.32 Å². The zero-order chi connectivity index (χ0) is 19.1. The summed E-state index contributed by atoms with van der Waals surface area (Å²) in [5.41, 5.74) is 0.373. The van der Waals surface area contributed by atoms with Crippen LogP contribution in [0.2, 0.25) is 0 Å². The number of Topliss-reactive ketones (excluding diaryl/α,β-unsaturated/α-hetero) is 1. The van der Waals surface area contributed by atoms with E-state index in [1.807, 2.05) is 6.07 Å². The van der Waals surface area contributed by atoms with E-state index in [4.69, 9.17) is 9.47 Å². The van der Waals surface area contributed by atoms with E-state index in [1.165, 1.54) is 32.5 Å². The zero-order valence-electron chi connectivity index (χ0n) is 14.8. The van der Waals surface area contributed by atoms with Crippen LogP contribution in [0.5, 0.6) is 11.5 Å². The molecule has 0 radical (unpaired) electrons. The van der Waals surface area contributed by atoms with E-state index in [1.54, 1.807) is 24.3 Å². The maximum Gasteiger partial charge on any atom is 0.313 e. The fourth-order valence-corrected chi connectivity index (χ4v) is 3.06. The molecule has 2 amide bonds. The van der Waals surface area contributed by atoms with E-state index >= 15 is 0 Å². The van der Waals surface area contributed by atoms with Gasteiger partial charge in [-0.05, 0) is 37.6 Å². The number of anilines is 1. The molecule has 26 heavy (non-hydrogen) atoms. The van der Waals surface area contributed by atoms with Gasteiger partial charge >= 0.3 is 11.8 Å². The first-order valence-corrected chi connectivity index (χ1v) is 8.67. The second-order valence-electron chi connectivity index (χ2n) is 5.35. The van der Waals surface area contributed by atoms with Crippen LogP contribution in [0.15, 0.2) is 30.3 Å². The Morgan fingerprint density at radius 3 is 2.42 bits per heavy atom. The molecule has 1 heterocycles. The molecule has 2 rings (SSSR count). The van der Waals surface area contributed by atoms with Crippen LogP contribution in [0.4, 0.5) is 5.69 Å². The summed E-state index contributed by atoms with van der Waals surface area (Å²) >= 11 is 1.38. The number of ether oxygens (including phenoxy) is 2. The summed E-state index contributed by atoms with van der Waals surface area (Å²) in [5.74, 6) is -0.556. The number of carbonyl (C=O) groups excluding carboxylic acids is 3. The van der Waals surface area contributed by atoms with Crippen molar-refractivity contribution in [2.45, 2.75) is 13.3 Å². The van der Waals surface area contributed by atoms with Gasteiger partial charge in [0.05, 0.1) is 24.8 Å². The third-order valence-corrected chi connectivity index (χ3v) is 4.77. The van der Waals surface area contributed by atoms with Crippen LogP contribution >= 0.6 is 11.3 Å². The van der Waals surface area contributed by atoms with Gasteiger partial charge in [0.25, 0.3) is 0 Å². The van der Waals surface area contributed by atoms with E-state index in [2.05, 4.69) is 10.6 Å². The Bertz CT molecular complexity index is 816. The van der Waals surface area contributed by atoms with E-state index in [-0.39, 0.29) is 5.78 Å². The first-order valence-electron chi connectivity index (χ1n) is 7.85. The number of ketones is 1. The number of amides is 2. The van der Waals surface area contributed by atoms with Crippen LogP contribution in [0, 0.1) is 0 Å². The lowest BCUT2D eigenvalue weighted by atomic mass is 10.2. The van der Waals surface area contributed by atoms with Gasteiger partial charge in [-0.15, -0.1) is 11.3 Å². The summed E-state index contributed by atoms with van der Waals surface area (Å²) < 4.78 is 10.3. The fourth-order valence-electron chi connectivity index (χ4n) is 2.16. The highest BCUT2D eigenvalue weighted by atomic mass is 32.1. The van der Waals surface area contributed by atoms with Crippen molar-refractivity contribution in [2.24, 2.45) is 0 Å². The Balaban J connectivity index is 1.87. The Kier molecular flexibility index (Phi) is 6.74. The summed E-state index contributed by atoms with van der Waals surface area (Å²) in [5, 5.41) is 5.06. The minimum Gasteiger partial charge on any atom is -0.497 e. The molecule has 0 fully saturated rings. The van der Waals surface area contributed by atoms with Gasteiger partial charge in [-0.25, -0.2) is 0 Å². The predicted molar refractivity (Wildman–Crippen MR) is 99.2 cm³/mol. The van der Waals surface area contributed by atoms with Crippen LogP contribution < -0.4 is 20.1 Å². The largest absolute Gasteiger partial charge is 0.497 e. The highest BCUT2D eigenvalue weighted by Crippen LogP contribution is 2.28. The molecule has 138 valence electrons. The van der Waals surface area contributed by atoms with E-state index in [0.29, 0.717) is 35.0 Å². The van der Waals surface area contributed by atoms with Crippen molar-refractivity contribution in [3.63, 3.8) is 0 Å². The minimum absolute atomic E-state index is 0.0121. The lowest BCUT2D eigenvalue weighted by Gasteiger charge is -2.11. The van der Waals surface area contributed by atoms with Gasteiger partial charge < -0.3 is 20.1 Å². The first-order chi connectivity index (χ1) is 12.4. The van der Waals surface area contributed by atoms with Crippen LogP contribution in [0.25, 0.3) is 0 Å². The van der Waals surface area contributed by atoms with Crippen LogP contribution in [-0.4, -0.2) is 38.4 Å². The summed E-state index contributed by atoms with van der Waals surface area (Å²) in [6.45, 7) is 1.80. The van der Waals surface area contributed by atoms with Crippen molar-refractivity contribution in [1.29, 1.82) is 0 Å². The summed E-state index contributed by atoms with van der Waals surface area (Å²) in [4.78, 5) is 36.9. The smallest absolute Gasteiger partial charge is 0.313 e. The Morgan fingerprint density at radius 2 is 1.81 bits per heavy atom. The maximum absolute atomic E-state index is 12.0. The van der Waals surface area contributed by atoms with Crippen molar-refractivity contribution in [2.75, 3.05) is 26.1 Å².